The maximum Gasteiger partial charge on any atom is 0.138 e. The van der Waals surface area contributed by atoms with Crippen LogP contribution in [0, 0.1) is 6.92 Å². The van der Waals surface area contributed by atoms with E-state index in [2.05, 4.69) is 47.5 Å². The number of aryl methyl sites for hydroxylation is 1. The van der Waals surface area contributed by atoms with Crippen LogP contribution in [0.4, 0.5) is 17.1 Å². The minimum Gasteiger partial charge on any atom is -0.353 e. The van der Waals surface area contributed by atoms with Crippen LogP contribution in [0.15, 0.2) is 47.5 Å². The van der Waals surface area contributed by atoms with Crippen molar-refractivity contribution >= 4 is 22.9 Å². The number of hydrogen-bond acceptors (Lipinski definition) is 4. The largest absolute Gasteiger partial charge is 0.353 e. The van der Waals surface area contributed by atoms with Crippen LogP contribution in [0.25, 0.3) is 0 Å². The van der Waals surface area contributed by atoms with Crippen molar-refractivity contribution in [1.82, 2.24) is 9.80 Å². The number of piperazine rings is 1. The zero-order chi connectivity index (χ0) is 18.3. The Morgan fingerprint density at radius 2 is 1.88 bits per heavy atom. The van der Waals surface area contributed by atoms with Gasteiger partial charge in [-0.25, -0.2) is 4.99 Å². The fourth-order valence-electron chi connectivity index (χ4n) is 3.33. The Balaban J connectivity index is 1.72. The second-order valence-corrected chi connectivity index (χ2v) is 6.32. The van der Waals surface area contributed by atoms with Crippen LogP contribution >= 0.6 is 0 Å². The summed E-state index contributed by atoms with van der Waals surface area (Å²) in [5, 5.41) is 3.52. The standard InChI is InChI=1S/C20H24N4/c1-3-23-10-12-24(13-11-23)20-16-6-4-5-7-17(16)21-18-9-8-15(2)14-19(18)22-20/h4-9,14,21H,3,10-13H2,1-2H3/i3D2. The van der Waals surface area contributed by atoms with Gasteiger partial charge in [0.25, 0.3) is 0 Å². The minimum atomic E-state index is -1.28. The van der Waals surface area contributed by atoms with Gasteiger partial charge in [0.15, 0.2) is 0 Å². The third-order valence-corrected chi connectivity index (χ3v) is 4.71. The third-order valence-electron chi connectivity index (χ3n) is 4.71. The van der Waals surface area contributed by atoms with Gasteiger partial charge in [-0.2, -0.15) is 0 Å². The van der Waals surface area contributed by atoms with E-state index in [4.69, 9.17) is 7.73 Å². The Kier molecular flexibility index (Phi) is 3.41. The van der Waals surface area contributed by atoms with E-state index >= 15 is 0 Å². The average Bonchev–Trinajstić information content (AvgIpc) is 2.77. The Hall–Kier alpha value is -2.33. The molecule has 4 rings (SSSR count). The Bertz CT molecular complexity index is 849. The van der Waals surface area contributed by atoms with Crippen LogP contribution in [0.1, 0.15) is 20.8 Å². The summed E-state index contributed by atoms with van der Waals surface area (Å²) >= 11 is 0. The molecule has 0 radical (unpaired) electrons. The van der Waals surface area contributed by atoms with E-state index in [1.54, 1.807) is 6.92 Å². The first-order valence-corrected chi connectivity index (χ1v) is 8.47. The zero-order valence-electron chi connectivity index (χ0n) is 16.2. The second-order valence-electron chi connectivity index (χ2n) is 6.32. The topological polar surface area (TPSA) is 30.9 Å². The first-order valence-electron chi connectivity index (χ1n) is 9.47. The molecule has 1 N–H and O–H groups in total. The Labute approximate surface area is 146 Å². The predicted molar refractivity (Wildman–Crippen MR) is 101 cm³/mol. The van der Waals surface area contributed by atoms with Crippen LogP contribution in [-0.4, -0.2) is 48.3 Å². The van der Waals surface area contributed by atoms with Gasteiger partial charge in [0, 0.05) is 40.2 Å². The second kappa shape index (κ2) is 6.29. The smallest absolute Gasteiger partial charge is 0.138 e. The third kappa shape index (κ3) is 2.78. The van der Waals surface area contributed by atoms with E-state index in [9.17, 15) is 0 Å². The highest BCUT2D eigenvalue weighted by atomic mass is 15.3. The van der Waals surface area contributed by atoms with E-state index in [0.717, 1.165) is 41.6 Å². The van der Waals surface area contributed by atoms with Crippen molar-refractivity contribution in [3.05, 3.63) is 53.6 Å². The van der Waals surface area contributed by atoms with E-state index < -0.39 is 6.50 Å². The highest BCUT2D eigenvalue weighted by molar-refractivity contribution is 6.07. The average molecular weight is 322 g/mol. The van der Waals surface area contributed by atoms with Gasteiger partial charge in [-0.3, -0.25) is 0 Å². The highest BCUT2D eigenvalue weighted by Crippen LogP contribution is 2.35. The summed E-state index contributed by atoms with van der Waals surface area (Å²) in [4.78, 5) is 9.19. The van der Waals surface area contributed by atoms with Crippen molar-refractivity contribution < 1.29 is 2.74 Å². The molecule has 124 valence electrons. The Morgan fingerprint density at radius 1 is 1.08 bits per heavy atom. The van der Waals surface area contributed by atoms with Crippen molar-refractivity contribution in [1.29, 1.82) is 0 Å². The quantitative estimate of drug-likeness (QED) is 0.867. The molecule has 0 aromatic heterocycles. The summed E-state index contributed by atoms with van der Waals surface area (Å²) in [7, 11) is 0. The maximum atomic E-state index is 7.94. The minimum absolute atomic E-state index is 0.693. The number of para-hydroxylation sites is 1. The summed E-state index contributed by atoms with van der Waals surface area (Å²) in [6, 6.07) is 14.5. The number of rotatable bonds is 1. The molecule has 0 saturated carbocycles. The molecule has 2 heterocycles. The molecule has 2 aromatic carbocycles. The fourth-order valence-corrected chi connectivity index (χ4v) is 3.33. The van der Waals surface area contributed by atoms with Crippen molar-refractivity contribution in [3.8, 4) is 0 Å². The van der Waals surface area contributed by atoms with Gasteiger partial charge in [-0.15, -0.1) is 0 Å². The van der Waals surface area contributed by atoms with Crippen molar-refractivity contribution in [2.24, 2.45) is 4.99 Å². The van der Waals surface area contributed by atoms with Crippen molar-refractivity contribution in [2.45, 2.75) is 13.8 Å². The maximum absolute atomic E-state index is 7.94. The molecule has 0 aliphatic carbocycles. The first kappa shape index (κ1) is 13.0. The van der Waals surface area contributed by atoms with Gasteiger partial charge in [-0.1, -0.05) is 25.1 Å². The molecule has 2 aromatic rings. The van der Waals surface area contributed by atoms with Gasteiger partial charge < -0.3 is 15.1 Å². The highest BCUT2D eigenvalue weighted by Gasteiger charge is 2.24. The van der Waals surface area contributed by atoms with Gasteiger partial charge in [-0.05, 0) is 43.2 Å². The lowest BCUT2D eigenvalue weighted by Gasteiger charge is -2.36. The molecular formula is C20H24N4. The van der Waals surface area contributed by atoms with Crippen LogP contribution in [0.5, 0.6) is 0 Å². The summed E-state index contributed by atoms with van der Waals surface area (Å²) in [5.41, 5.74) is 5.30. The number of nitrogens with zero attached hydrogens (tertiary/aromatic N) is 3. The van der Waals surface area contributed by atoms with E-state index in [0.29, 0.717) is 13.1 Å². The number of benzene rings is 2. The van der Waals surface area contributed by atoms with Gasteiger partial charge in [0.1, 0.15) is 5.84 Å². The molecular weight excluding hydrogens is 296 g/mol. The molecule has 24 heavy (non-hydrogen) atoms. The SMILES string of the molecule is [2H]C([2H])(C)N1CCN(C2=Nc3cc(C)ccc3Nc3ccccc32)CC1. The number of likely N-dealkylation sites (N-methyl/N-ethyl adjacent to an activating group) is 1. The molecule has 0 unspecified atom stereocenters. The molecule has 4 heteroatoms. The number of hydrogen-bond donors (Lipinski definition) is 1. The lowest BCUT2D eigenvalue weighted by molar-refractivity contribution is 0.190. The molecule has 2 aliphatic heterocycles. The van der Waals surface area contributed by atoms with Crippen molar-refractivity contribution in [3.63, 3.8) is 0 Å². The van der Waals surface area contributed by atoms with Gasteiger partial charge in [0.2, 0.25) is 0 Å². The number of aliphatic imine (C=N–C) groups is 1. The zero-order valence-corrected chi connectivity index (χ0v) is 14.2. The fraction of sp³-hybridized carbons (Fsp3) is 0.350. The molecule has 1 fully saturated rings. The van der Waals surface area contributed by atoms with Crippen LogP contribution in [0.3, 0.4) is 0 Å². The predicted octanol–water partition coefficient (Wildman–Crippen LogP) is 3.77. The molecule has 2 aliphatic rings. The van der Waals surface area contributed by atoms with E-state index in [1.807, 2.05) is 17.0 Å². The van der Waals surface area contributed by atoms with Gasteiger partial charge in [0.05, 0.1) is 11.4 Å². The van der Waals surface area contributed by atoms with E-state index in [-0.39, 0.29) is 0 Å². The number of anilines is 2. The summed E-state index contributed by atoms with van der Waals surface area (Å²) in [5.74, 6) is 0.966. The summed E-state index contributed by atoms with van der Waals surface area (Å²) in [6.07, 6.45) is 0. The van der Waals surface area contributed by atoms with E-state index in [1.165, 1.54) is 5.56 Å². The molecule has 0 atom stereocenters. The Morgan fingerprint density at radius 3 is 2.67 bits per heavy atom. The van der Waals surface area contributed by atoms with Crippen LogP contribution in [0.2, 0.25) is 0 Å². The summed E-state index contributed by atoms with van der Waals surface area (Å²) < 4.78 is 15.9. The molecule has 4 nitrogen and oxygen atoms in total. The monoisotopic (exact) mass is 322 g/mol. The number of fused-ring (bicyclic) bond motifs is 2. The normalized spacial score (nSPS) is 19.2. The summed E-state index contributed by atoms with van der Waals surface area (Å²) in [6.45, 7) is 5.35. The molecule has 0 spiro atoms. The molecule has 1 saturated heterocycles. The van der Waals surface area contributed by atoms with Crippen LogP contribution in [-0.2, 0) is 0 Å². The first-order chi connectivity index (χ1) is 12.4. The van der Waals surface area contributed by atoms with Gasteiger partial charge >= 0.3 is 0 Å². The number of nitrogens with one attached hydrogen (secondary N) is 1. The lowest BCUT2D eigenvalue weighted by atomic mass is 10.1. The molecule has 0 bridgehead atoms. The lowest BCUT2D eigenvalue weighted by Crippen LogP contribution is -2.48. The number of amidine groups is 1. The van der Waals surface area contributed by atoms with Crippen LogP contribution < -0.4 is 5.32 Å². The van der Waals surface area contributed by atoms with Crippen molar-refractivity contribution in [2.75, 3.05) is 38.0 Å². The molecule has 0 amide bonds.